The first-order valence-electron chi connectivity index (χ1n) is 27.9. The van der Waals surface area contributed by atoms with E-state index in [2.05, 4.69) is 19.9 Å². The summed E-state index contributed by atoms with van der Waals surface area (Å²) in [6.07, 6.45) is -6.76. The Hall–Kier alpha value is -10.5. The van der Waals surface area contributed by atoms with Gasteiger partial charge in [0.15, 0.2) is 0 Å². The van der Waals surface area contributed by atoms with Crippen LogP contribution in [0.3, 0.4) is 0 Å². The summed E-state index contributed by atoms with van der Waals surface area (Å²) in [6.45, 7) is -1.88. The Morgan fingerprint density at radius 2 is 0.912 bits per heavy atom. The molecule has 6 aromatic carbocycles. The van der Waals surface area contributed by atoms with Crippen molar-refractivity contribution >= 4 is 34.0 Å². The molecule has 91 heavy (non-hydrogen) atoms. The molecule has 2 aliphatic rings. The van der Waals surface area contributed by atoms with E-state index in [0.29, 0.717) is 0 Å². The SMILES string of the molecule is N#Cc1ccc(COc2cccc(-c3cc(F)c(Cc4nc5ccc(C(=O)OC(=O)c6ccc7nc(Cc8cc(F)c(-c9cccc(OCc%10ccc(C#N)cc%10F)n9)cc8F)n([C@@H]8COC[C@H]8C(F)F)c7c6)cc5n4[C@@H]4COC[C@H]4C(F)F)cc3F)n2)c(F)c1. The highest BCUT2D eigenvalue weighted by atomic mass is 19.3. The predicted molar refractivity (Wildman–Crippen MR) is 304 cm³/mol. The number of nitriles is 2. The lowest BCUT2D eigenvalue weighted by molar-refractivity contribution is 0.0396. The van der Waals surface area contributed by atoms with Crippen molar-refractivity contribution in [2.45, 2.75) is 51.0 Å². The molecular weight excluding hydrogens is 1210 g/mol. The van der Waals surface area contributed by atoms with Crippen LogP contribution in [-0.2, 0) is 40.3 Å². The molecule has 0 N–H and O–H groups in total. The molecule has 0 spiro atoms. The largest absolute Gasteiger partial charge is 0.473 e. The first-order valence-corrected chi connectivity index (χ1v) is 27.9. The number of imidazole rings is 2. The van der Waals surface area contributed by atoms with Gasteiger partial charge in [-0.2, -0.15) is 10.5 Å². The topological polar surface area (TPSA) is 189 Å². The molecule has 2 saturated heterocycles. The standard InChI is InChI=1S/C66H44F10N8O7/c67-45-15-33(25-77)7-9-37(45)27-89-61-5-1-3-51(81-61)41-23-47(69)39(17-49(41)71)21-59-79-53-13-11-35(19-55(53)83(59)57-31-87-29-43(57)63(73)74)65(85)91-66(86)36-12-14-54-56(20-36)84(58-32-88-30-44(58)64(75)76)60(80-54)22-40-18-50(72)42(24-48(40)70)52-4-2-6-62(82-52)90-28-38-10-8-34(26-78)16-46(38)68/h1-20,23-24,43-44,57-58,63-64H,21-22,27-32H2/t43-,44-,57-,58-/m1/s1. The molecular formula is C66H44F10N8O7. The number of esters is 2. The van der Waals surface area contributed by atoms with Crippen LogP contribution in [0.25, 0.3) is 44.6 Å². The number of rotatable bonds is 18. The minimum atomic E-state index is -2.92. The van der Waals surface area contributed by atoms with Crippen molar-refractivity contribution < 1.29 is 77.2 Å². The minimum Gasteiger partial charge on any atom is -0.473 e. The first kappa shape index (κ1) is 60.8. The van der Waals surface area contributed by atoms with Crippen LogP contribution in [0.2, 0.25) is 0 Å². The highest BCUT2D eigenvalue weighted by molar-refractivity contribution is 6.05. The van der Waals surface area contributed by atoms with E-state index in [1.54, 1.807) is 0 Å². The van der Waals surface area contributed by atoms with E-state index in [9.17, 15) is 35.9 Å². The maximum atomic E-state index is 16.2. The quantitative estimate of drug-likeness (QED) is 0.0449. The van der Waals surface area contributed by atoms with Gasteiger partial charge < -0.3 is 32.8 Å². The first-order chi connectivity index (χ1) is 43.9. The maximum Gasteiger partial charge on any atom is 0.346 e. The molecule has 10 aromatic rings. The van der Waals surface area contributed by atoms with Gasteiger partial charge in [0, 0.05) is 47.2 Å². The molecule has 0 amide bonds. The normalized spacial score (nSPS) is 16.4. The molecule has 0 saturated carbocycles. The number of carbonyl (C=O) groups excluding carboxylic acids is 2. The monoisotopic (exact) mass is 1250 g/mol. The maximum absolute atomic E-state index is 16.2. The third-order valence-corrected chi connectivity index (χ3v) is 15.8. The zero-order valence-electron chi connectivity index (χ0n) is 47.0. The zero-order chi connectivity index (χ0) is 63.8. The van der Waals surface area contributed by atoms with E-state index in [4.69, 9.17) is 34.2 Å². The van der Waals surface area contributed by atoms with Crippen LogP contribution < -0.4 is 9.47 Å². The Morgan fingerprint density at radius 1 is 0.495 bits per heavy atom. The van der Waals surface area contributed by atoms with Crippen LogP contribution in [0.4, 0.5) is 43.9 Å². The van der Waals surface area contributed by atoms with Gasteiger partial charge >= 0.3 is 11.9 Å². The van der Waals surface area contributed by atoms with Gasteiger partial charge in [0.2, 0.25) is 24.6 Å². The number of ether oxygens (including phenoxy) is 5. The lowest BCUT2D eigenvalue weighted by Gasteiger charge is -2.22. The predicted octanol–water partition coefficient (Wildman–Crippen LogP) is 13.3. The van der Waals surface area contributed by atoms with Crippen molar-refractivity contribution in [1.29, 1.82) is 10.5 Å². The van der Waals surface area contributed by atoms with Gasteiger partial charge in [0.05, 0.1) is 118 Å². The van der Waals surface area contributed by atoms with Crippen LogP contribution in [-0.4, -0.2) is 80.3 Å². The molecule has 12 rings (SSSR count). The number of hydrogen-bond acceptors (Lipinski definition) is 13. The van der Waals surface area contributed by atoms with Gasteiger partial charge in [-0.25, -0.2) is 73.4 Å². The molecule has 4 aromatic heterocycles. The molecule has 0 aliphatic carbocycles. The molecule has 6 heterocycles. The summed E-state index contributed by atoms with van der Waals surface area (Å²) >= 11 is 0. The van der Waals surface area contributed by atoms with Gasteiger partial charge in [-0.05, 0) is 108 Å². The summed E-state index contributed by atoms with van der Waals surface area (Å²) in [4.78, 5) is 45.7. The molecule has 460 valence electrons. The molecule has 15 nitrogen and oxygen atoms in total. The minimum absolute atomic E-state index is 0.0219. The fourth-order valence-corrected chi connectivity index (χ4v) is 11.1. The molecule has 0 unspecified atom stereocenters. The van der Waals surface area contributed by atoms with E-state index < -0.39 is 96.5 Å². The van der Waals surface area contributed by atoms with Gasteiger partial charge in [-0.3, -0.25) is 0 Å². The molecule has 4 atom stereocenters. The van der Waals surface area contributed by atoms with E-state index in [1.807, 2.05) is 12.1 Å². The summed E-state index contributed by atoms with van der Waals surface area (Å²) in [6, 6.07) is 28.8. The Balaban J connectivity index is 0.796. The second-order valence-electron chi connectivity index (χ2n) is 21.4. The average molecular weight is 1250 g/mol. The van der Waals surface area contributed by atoms with Crippen LogP contribution in [0.1, 0.15) is 77.8 Å². The van der Waals surface area contributed by atoms with Crippen molar-refractivity contribution in [1.82, 2.24) is 29.1 Å². The summed E-state index contributed by atoms with van der Waals surface area (Å²) < 4.78 is 183. The van der Waals surface area contributed by atoms with Crippen LogP contribution in [0.5, 0.6) is 11.8 Å². The van der Waals surface area contributed by atoms with E-state index in [-0.39, 0.29) is 152 Å². The van der Waals surface area contributed by atoms with Crippen molar-refractivity contribution in [3.63, 3.8) is 0 Å². The fourth-order valence-electron chi connectivity index (χ4n) is 11.1. The van der Waals surface area contributed by atoms with Crippen molar-refractivity contribution in [2.75, 3.05) is 26.4 Å². The third kappa shape index (κ3) is 12.5. The Kier molecular flexibility index (Phi) is 17.1. The Morgan fingerprint density at radius 3 is 1.31 bits per heavy atom. The number of aromatic nitrogens is 6. The van der Waals surface area contributed by atoms with Crippen molar-refractivity contribution in [2.24, 2.45) is 11.8 Å². The fraction of sp³-hybridized carbons (Fsp3) is 0.212. The number of hydrogen-bond donors (Lipinski definition) is 0. The lowest BCUT2D eigenvalue weighted by atomic mass is 10.0. The Labute approximate surface area is 509 Å². The van der Waals surface area contributed by atoms with Crippen LogP contribution in [0, 0.1) is 69.4 Å². The van der Waals surface area contributed by atoms with Gasteiger partial charge in [0.1, 0.15) is 59.8 Å². The van der Waals surface area contributed by atoms with E-state index in [1.165, 1.54) is 106 Å². The number of carbonyl (C=O) groups is 2. The van der Waals surface area contributed by atoms with Crippen molar-refractivity contribution in [3.8, 4) is 46.4 Å². The van der Waals surface area contributed by atoms with Crippen LogP contribution >= 0.6 is 0 Å². The second kappa shape index (κ2) is 25.5. The van der Waals surface area contributed by atoms with Gasteiger partial charge in [-0.15, -0.1) is 0 Å². The Bertz CT molecular complexity index is 4320. The molecule has 0 radical (unpaired) electrons. The molecule has 0 bridgehead atoms. The number of nitrogens with zero attached hydrogens (tertiary/aromatic N) is 8. The molecule has 2 fully saturated rings. The number of halogens is 10. The second-order valence-corrected chi connectivity index (χ2v) is 21.4. The van der Waals surface area contributed by atoms with Crippen LogP contribution in [0.15, 0.2) is 133 Å². The van der Waals surface area contributed by atoms with Gasteiger partial charge in [0.25, 0.3) is 0 Å². The summed E-state index contributed by atoms with van der Waals surface area (Å²) in [5.41, 5.74) is -0.838. The highest BCUT2D eigenvalue weighted by Crippen LogP contribution is 2.39. The summed E-state index contributed by atoms with van der Waals surface area (Å²) in [5, 5.41) is 18.1. The van der Waals surface area contributed by atoms with Crippen molar-refractivity contribution in [3.05, 3.63) is 225 Å². The number of fused-ring (bicyclic) bond motifs is 2. The van der Waals surface area contributed by atoms with Gasteiger partial charge in [-0.1, -0.05) is 24.3 Å². The lowest BCUT2D eigenvalue weighted by Crippen LogP contribution is -2.25. The number of pyridine rings is 2. The summed E-state index contributed by atoms with van der Waals surface area (Å²) in [7, 11) is 0. The molecule has 25 heteroatoms. The number of benzene rings is 6. The molecule has 2 aliphatic heterocycles. The third-order valence-electron chi connectivity index (χ3n) is 15.8. The smallest absolute Gasteiger partial charge is 0.346 e. The average Bonchev–Trinajstić information content (AvgIpc) is 1.65. The van der Waals surface area contributed by atoms with E-state index in [0.717, 1.165) is 36.4 Å². The highest BCUT2D eigenvalue weighted by Gasteiger charge is 2.40. The number of alkyl halides is 4. The summed E-state index contributed by atoms with van der Waals surface area (Å²) in [5.74, 6) is -10.5. The zero-order valence-corrected chi connectivity index (χ0v) is 47.0. The van der Waals surface area contributed by atoms with E-state index >= 15 is 17.6 Å².